The van der Waals surface area contributed by atoms with Crippen LogP contribution in [0.15, 0.2) is 47.3 Å². The molecule has 2 saturated heterocycles. The summed E-state index contributed by atoms with van der Waals surface area (Å²) in [4.78, 5) is 23.2. The molecule has 2 aromatic carbocycles. The van der Waals surface area contributed by atoms with E-state index in [1.165, 1.54) is 11.3 Å². The standard InChI is InChI=1S/C31H38BrN9O3S/c1-4-20-17-25(27(43-2)18-26(20)41-11-7-21(8-12-41)40-13-15-44-16-14-40)37-31-35-19-22(32)30(38-31)36-24-6-5-23-28(34-10-9-33-23)29(24)39-45(3)42/h5-6,9-10,17-19,21,39H,4,7-8,11-16H2,1-3H3,(H2,35,36,37,38). The zero-order chi connectivity index (χ0) is 31.3. The highest BCUT2D eigenvalue weighted by atomic mass is 79.9. The predicted octanol–water partition coefficient (Wildman–Crippen LogP) is 5.25. The number of hydrogen-bond acceptors (Lipinski definition) is 11. The van der Waals surface area contributed by atoms with Crippen molar-refractivity contribution < 1.29 is 13.7 Å². The van der Waals surface area contributed by atoms with Gasteiger partial charge in [-0.3, -0.25) is 14.9 Å². The summed E-state index contributed by atoms with van der Waals surface area (Å²) in [6.07, 6.45) is 9.65. The summed E-state index contributed by atoms with van der Waals surface area (Å²) in [6.45, 7) is 7.94. The molecule has 1 atom stereocenters. The minimum atomic E-state index is -1.33. The second-order valence-corrected chi connectivity index (χ2v) is 13.0. The summed E-state index contributed by atoms with van der Waals surface area (Å²) in [6, 6.07) is 8.60. The third-order valence-electron chi connectivity index (χ3n) is 8.28. The zero-order valence-electron chi connectivity index (χ0n) is 25.7. The fourth-order valence-electron chi connectivity index (χ4n) is 6.02. The van der Waals surface area contributed by atoms with Crippen molar-refractivity contribution in [3.05, 3.63) is 52.9 Å². The molecule has 238 valence electrons. The molecule has 0 radical (unpaired) electrons. The van der Waals surface area contributed by atoms with Crippen molar-refractivity contribution in [3.63, 3.8) is 0 Å². The summed E-state index contributed by atoms with van der Waals surface area (Å²) in [7, 11) is 0.355. The molecule has 4 heterocycles. The Bertz CT molecular complexity index is 1680. The van der Waals surface area contributed by atoms with Crippen LogP contribution in [0.2, 0.25) is 0 Å². The number of morpholine rings is 1. The van der Waals surface area contributed by atoms with Gasteiger partial charge < -0.3 is 29.7 Å². The lowest BCUT2D eigenvalue weighted by Crippen LogP contribution is -2.49. The SMILES string of the molecule is CCc1cc(Nc2ncc(Br)c(Nc3ccc4nccnc4c3NS(C)=O)n2)c(OC)cc1N1CCC(N2CCOCC2)CC1. The topological polar surface area (TPSA) is 130 Å². The molecule has 2 aliphatic rings. The second-order valence-electron chi connectivity index (χ2n) is 11.0. The van der Waals surface area contributed by atoms with Gasteiger partial charge in [0.25, 0.3) is 0 Å². The van der Waals surface area contributed by atoms with Crippen LogP contribution in [0.25, 0.3) is 11.0 Å². The highest BCUT2D eigenvalue weighted by Crippen LogP contribution is 2.38. The average molecular weight is 697 g/mol. The minimum absolute atomic E-state index is 0.397. The first kappa shape index (κ1) is 31.4. The van der Waals surface area contributed by atoms with Crippen LogP contribution < -0.4 is 25.0 Å². The number of methoxy groups -OCH3 is 1. The monoisotopic (exact) mass is 695 g/mol. The Morgan fingerprint density at radius 2 is 1.82 bits per heavy atom. The lowest BCUT2D eigenvalue weighted by atomic mass is 10.00. The largest absolute Gasteiger partial charge is 0.494 e. The summed E-state index contributed by atoms with van der Waals surface area (Å²) < 4.78 is 27.2. The van der Waals surface area contributed by atoms with Crippen molar-refractivity contribution in [3.8, 4) is 5.75 Å². The maximum atomic E-state index is 12.2. The number of nitrogens with zero attached hydrogens (tertiary/aromatic N) is 6. The summed E-state index contributed by atoms with van der Waals surface area (Å²) in [5.41, 5.74) is 5.74. The van der Waals surface area contributed by atoms with Gasteiger partial charge in [-0.1, -0.05) is 6.92 Å². The smallest absolute Gasteiger partial charge is 0.229 e. The number of piperidine rings is 1. The van der Waals surface area contributed by atoms with Gasteiger partial charge >= 0.3 is 0 Å². The van der Waals surface area contributed by atoms with E-state index in [0.717, 1.165) is 70.1 Å². The number of ether oxygens (including phenoxy) is 2. The third-order valence-corrected chi connectivity index (χ3v) is 9.35. The summed E-state index contributed by atoms with van der Waals surface area (Å²) in [5.74, 6) is 1.65. The fourth-order valence-corrected chi connectivity index (χ4v) is 6.81. The van der Waals surface area contributed by atoms with Gasteiger partial charge in [0.1, 0.15) is 28.1 Å². The number of aryl methyl sites for hydroxylation is 1. The van der Waals surface area contributed by atoms with Gasteiger partial charge in [-0.25, -0.2) is 9.19 Å². The lowest BCUT2D eigenvalue weighted by Gasteiger charge is -2.41. The summed E-state index contributed by atoms with van der Waals surface area (Å²) >= 11 is 3.57. The highest BCUT2D eigenvalue weighted by molar-refractivity contribution is 9.10. The summed E-state index contributed by atoms with van der Waals surface area (Å²) in [5, 5.41) is 6.72. The van der Waals surface area contributed by atoms with Crippen LogP contribution in [0.1, 0.15) is 25.3 Å². The van der Waals surface area contributed by atoms with Crippen molar-refractivity contribution in [2.24, 2.45) is 0 Å². The van der Waals surface area contributed by atoms with Gasteiger partial charge in [0.15, 0.2) is 0 Å². The molecule has 6 rings (SSSR count). The molecule has 0 amide bonds. The van der Waals surface area contributed by atoms with E-state index in [-0.39, 0.29) is 0 Å². The van der Waals surface area contributed by atoms with E-state index in [4.69, 9.17) is 14.5 Å². The molecule has 0 aliphatic carbocycles. The molecule has 1 unspecified atom stereocenters. The number of aromatic nitrogens is 4. The van der Waals surface area contributed by atoms with E-state index in [1.807, 2.05) is 12.1 Å². The van der Waals surface area contributed by atoms with Crippen LogP contribution in [-0.2, 0) is 22.1 Å². The minimum Gasteiger partial charge on any atom is -0.494 e. The zero-order valence-corrected chi connectivity index (χ0v) is 28.1. The molecule has 45 heavy (non-hydrogen) atoms. The number of benzene rings is 2. The van der Waals surface area contributed by atoms with Gasteiger partial charge in [0, 0.05) is 68.8 Å². The molecule has 14 heteroatoms. The molecule has 2 aliphatic heterocycles. The lowest BCUT2D eigenvalue weighted by molar-refractivity contribution is 0.0115. The molecule has 2 aromatic heterocycles. The molecule has 0 saturated carbocycles. The van der Waals surface area contributed by atoms with Gasteiger partial charge in [-0.15, -0.1) is 0 Å². The first-order chi connectivity index (χ1) is 21.9. The second kappa shape index (κ2) is 14.2. The Hall–Kier alpha value is -3.59. The Kier molecular flexibility index (Phi) is 9.93. The quantitative estimate of drug-likeness (QED) is 0.201. The van der Waals surface area contributed by atoms with Crippen molar-refractivity contribution >= 4 is 72.5 Å². The Morgan fingerprint density at radius 1 is 1.04 bits per heavy atom. The number of nitrogens with one attached hydrogen (secondary N) is 3. The molecule has 0 spiro atoms. The van der Waals surface area contributed by atoms with E-state index in [1.54, 1.807) is 32.0 Å². The Labute approximate surface area is 274 Å². The van der Waals surface area contributed by atoms with Gasteiger partial charge in [-0.05, 0) is 59.0 Å². The van der Waals surface area contributed by atoms with Crippen LogP contribution in [0, 0.1) is 0 Å². The van der Waals surface area contributed by atoms with Crippen molar-refractivity contribution in [2.75, 3.05) is 73.0 Å². The molecule has 4 aromatic rings. The van der Waals surface area contributed by atoms with Crippen LogP contribution in [0.3, 0.4) is 0 Å². The predicted molar refractivity (Wildman–Crippen MR) is 184 cm³/mol. The van der Waals surface area contributed by atoms with Gasteiger partial charge in [0.2, 0.25) is 5.95 Å². The first-order valence-electron chi connectivity index (χ1n) is 15.1. The normalized spacial score (nSPS) is 16.8. The number of anilines is 6. The fraction of sp³-hybridized carbons (Fsp3) is 0.419. The highest BCUT2D eigenvalue weighted by Gasteiger charge is 2.27. The third kappa shape index (κ3) is 7.13. The van der Waals surface area contributed by atoms with E-state index < -0.39 is 11.0 Å². The van der Waals surface area contributed by atoms with Gasteiger partial charge in [-0.2, -0.15) is 4.98 Å². The molecule has 0 bridgehead atoms. The van der Waals surface area contributed by atoms with E-state index in [2.05, 4.69) is 75.1 Å². The number of hydrogen-bond donors (Lipinski definition) is 3. The van der Waals surface area contributed by atoms with Crippen molar-refractivity contribution in [1.82, 2.24) is 24.8 Å². The van der Waals surface area contributed by atoms with E-state index >= 15 is 0 Å². The van der Waals surface area contributed by atoms with Crippen LogP contribution in [-0.4, -0.2) is 87.8 Å². The molecule has 12 nitrogen and oxygen atoms in total. The van der Waals surface area contributed by atoms with Crippen molar-refractivity contribution in [1.29, 1.82) is 0 Å². The number of halogens is 1. The van der Waals surface area contributed by atoms with E-state index in [9.17, 15) is 4.21 Å². The van der Waals surface area contributed by atoms with E-state index in [0.29, 0.717) is 44.7 Å². The van der Waals surface area contributed by atoms with Gasteiger partial charge in [0.05, 0.1) is 47.4 Å². The van der Waals surface area contributed by atoms with Crippen LogP contribution in [0.5, 0.6) is 5.75 Å². The maximum absolute atomic E-state index is 12.2. The Morgan fingerprint density at radius 3 is 2.56 bits per heavy atom. The first-order valence-corrected chi connectivity index (χ1v) is 17.5. The Balaban J connectivity index is 1.23. The van der Waals surface area contributed by atoms with Crippen LogP contribution >= 0.6 is 15.9 Å². The molecule has 2 fully saturated rings. The molecule has 3 N–H and O–H groups in total. The van der Waals surface area contributed by atoms with Crippen molar-refractivity contribution in [2.45, 2.75) is 32.2 Å². The number of fused-ring (bicyclic) bond motifs is 1. The van der Waals surface area contributed by atoms with Crippen LogP contribution in [0.4, 0.5) is 34.5 Å². The molecular formula is C31H38BrN9O3S. The number of rotatable bonds is 10. The molecular weight excluding hydrogens is 658 g/mol. The maximum Gasteiger partial charge on any atom is 0.229 e. The average Bonchev–Trinajstić information content (AvgIpc) is 3.07.